The lowest BCUT2D eigenvalue weighted by Gasteiger charge is -2.20. The maximum atomic E-state index is 12.1. The molecule has 0 atom stereocenters. The number of hydrogen-bond acceptors (Lipinski definition) is 6. The largest absolute Gasteiger partial charge is 0.508 e. The number of esters is 1. The number of methoxy groups -OCH3 is 1. The molecule has 0 saturated carbocycles. The van der Waals surface area contributed by atoms with Crippen molar-refractivity contribution in [3.8, 4) is 23.0 Å². The van der Waals surface area contributed by atoms with E-state index in [2.05, 4.69) is 5.32 Å². The summed E-state index contributed by atoms with van der Waals surface area (Å²) in [5, 5.41) is 12.8. The van der Waals surface area contributed by atoms with Gasteiger partial charge in [-0.25, -0.2) is 4.79 Å². The second-order valence-electron chi connectivity index (χ2n) is 7.11. The Morgan fingerprint density at radius 3 is 2.53 bits per heavy atom. The maximum Gasteiger partial charge on any atom is 0.397 e. The lowest BCUT2D eigenvalue weighted by atomic mass is 10.0. The second-order valence-corrected chi connectivity index (χ2v) is 7.11. The molecule has 2 aromatic carbocycles. The molecule has 0 fully saturated rings. The molecule has 7 heteroatoms. The van der Waals surface area contributed by atoms with Gasteiger partial charge in [-0.15, -0.1) is 0 Å². The molecule has 2 N–H and O–H groups in total. The molecule has 0 aromatic heterocycles. The Labute approximate surface area is 176 Å². The first-order chi connectivity index (χ1) is 14.4. The second kappa shape index (κ2) is 9.07. The molecule has 0 radical (unpaired) electrons. The Balaban J connectivity index is 1.98. The predicted molar refractivity (Wildman–Crippen MR) is 113 cm³/mol. The fourth-order valence-electron chi connectivity index (χ4n) is 3.87. The number of carbonyl (C=O) groups excluding carboxylic acids is 2. The van der Waals surface area contributed by atoms with E-state index in [1.807, 2.05) is 19.9 Å². The van der Waals surface area contributed by atoms with Gasteiger partial charge < -0.3 is 24.6 Å². The van der Waals surface area contributed by atoms with E-state index in [0.29, 0.717) is 34.9 Å². The van der Waals surface area contributed by atoms with Gasteiger partial charge in [0.05, 0.1) is 13.7 Å². The number of fused-ring (bicyclic) bond motifs is 1. The Morgan fingerprint density at radius 2 is 1.87 bits per heavy atom. The molecular formula is C23H27NO6. The van der Waals surface area contributed by atoms with Crippen molar-refractivity contribution in [3.05, 3.63) is 40.5 Å². The average molecular weight is 413 g/mol. The first kappa shape index (κ1) is 21.5. The summed E-state index contributed by atoms with van der Waals surface area (Å²) in [6.07, 6.45) is 3.10. The smallest absolute Gasteiger partial charge is 0.397 e. The molecule has 3 rings (SSSR count). The highest BCUT2D eigenvalue weighted by atomic mass is 16.5. The summed E-state index contributed by atoms with van der Waals surface area (Å²) in [5.41, 5.74) is 4.08. The molecule has 0 aliphatic heterocycles. The van der Waals surface area contributed by atoms with E-state index < -0.39 is 11.9 Å². The Bertz CT molecular complexity index is 982. The molecule has 0 heterocycles. The van der Waals surface area contributed by atoms with Crippen molar-refractivity contribution in [1.29, 1.82) is 0 Å². The minimum Gasteiger partial charge on any atom is -0.508 e. The number of phenolic OH excluding ortho intramolecular Hbond substituents is 1. The lowest BCUT2D eigenvalue weighted by molar-refractivity contribution is -0.152. The highest BCUT2D eigenvalue weighted by molar-refractivity contribution is 6.37. The molecule has 30 heavy (non-hydrogen) atoms. The van der Waals surface area contributed by atoms with Crippen LogP contribution in [0.5, 0.6) is 23.0 Å². The van der Waals surface area contributed by atoms with Crippen molar-refractivity contribution in [1.82, 2.24) is 0 Å². The highest BCUT2D eigenvalue weighted by Gasteiger charge is 2.26. The molecule has 1 aliphatic rings. The molecule has 1 aliphatic carbocycles. The SMILES string of the molecule is CCOC(=O)C(=O)Nc1cc(C)c(Oc2ccc(O)c(CC)c2OC)c2c1CCC2. The molecule has 7 nitrogen and oxygen atoms in total. The van der Waals surface area contributed by atoms with Crippen LogP contribution >= 0.6 is 0 Å². The Morgan fingerprint density at radius 1 is 1.13 bits per heavy atom. The standard InChI is InChI=1S/C23H27NO6/c1-5-14-18(25)10-11-19(21(14)28-4)30-20-13(3)12-17(15-8-7-9-16(15)20)24-22(26)23(27)29-6-2/h10-12,25H,5-9H2,1-4H3,(H,24,26). The van der Waals surface area contributed by atoms with Crippen LogP contribution in [-0.2, 0) is 33.6 Å². The third-order valence-corrected chi connectivity index (χ3v) is 5.21. The lowest BCUT2D eigenvalue weighted by Crippen LogP contribution is -2.25. The van der Waals surface area contributed by atoms with Gasteiger partial charge in [-0.2, -0.15) is 0 Å². The van der Waals surface area contributed by atoms with Crippen molar-refractivity contribution >= 4 is 17.6 Å². The molecule has 0 spiro atoms. The van der Waals surface area contributed by atoms with Crippen LogP contribution in [0.4, 0.5) is 5.69 Å². The number of aromatic hydroxyl groups is 1. The average Bonchev–Trinajstić information content (AvgIpc) is 3.21. The number of nitrogens with one attached hydrogen (secondary N) is 1. The normalized spacial score (nSPS) is 12.3. The van der Waals surface area contributed by atoms with Gasteiger partial charge >= 0.3 is 11.9 Å². The third-order valence-electron chi connectivity index (χ3n) is 5.21. The number of hydrogen-bond donors (Lipinski definition) is 2. The van der Waals surface area contributed by atoms with Gasteiger partial charge in [0.15, 0.2) is 11.5 Å². The monoisotopic (exact) mass is 413 g/mol. The topological polar surface area (TPSA) is 94.1 Å². The Kier molecular flexibility index (Phi) is 6.50. The number of aryl methyl sites for hydroxylation is 1. The fourth-order valence-corrected chi connectivity index (χ4v) is 3.87. The van der Waals surface area contributed by atoms with E-state index in [1.54, 1.807) is 26.2 Å². The van der Waals surface area contributed by atoms with Crippen molar-refractivity contribution in [2.24, 2.45) is 0 Å². The van der Waals surface area contributed by atoms with Crippen molar-refractivity contribution in [2.45, 2.75) is 46.5 Å². The van der Waals surface area contributed by atoms with Crippen LogP contribution in [0.1, 0.15) is 42.5 Å². The van der Waals surface area contributed by atoms with Crippen LogP contribution in [-0.4, -0.2) is 30.7 Å². The van der Waals surface area contributed by atoms with E-state index in [-0.39, 0.29) is 12.4 Å². The molecule has 0 unspecified atom stereocenters. The van der Waals surface area contributed by atoms with Gasteiger partial charge in [0.25, 0.3) is 0 Å². The molecule has 160 valence electrons. The minimum absolute atomic E-state index is 0.143. The highest BCUT2D eigenvalue weighted by Crippen LogP contribution is 2.44. The Hall–Kier alpha value is -3.22. The third kappa shape index (κ3) is 4.06. The van der Waals surface area contributed by atoms with Gasteiger partial charge in [0.2, 0.25) is 0 Å². The van der Waals surface area contributed by atoms with Crippen LogP contribution in [0.25, 0.3) is 0 Å². The number of anilines is 1. The number of ether oxygens (including phenoxy) is 3. The zero-order chi connectivity index (χ0) is 21.8. The van der Waals surface area contributed by atoms with E-state index in [0.717, 1.165) is 36.0 Å². The van der Waals surface area contributed by atoms with Gasteiger partial charge in [0.1, 0.15) is 11.5 Å². The predicted octanol–water partition coefficient (Wildman–Crippen LogP) is 4.05. The summed E-state index contributed by atoms with van der Waals surface area (Å²) in [5.74, 6) is 0.217. The van der Waals surface area contributed by atoms with Crippen LogP contribution in [0.15, 0.2) is 18.2 Å². The summed E-state index contributed by atoms with van der Waals surface area (Å²) < 4.78 is 16.6. The van der Waals surface area contributed by atoms with Gasteiger partial charge in [-0.1, -0.05) is 6.92 Å². The number of carbonyl (C=O) groups is 2. The zero-order valence-corrected chi connectivity index (χ0v) is 17.8. The summed E-state index contributed by atoms with van der Waals surface area (Å²) in [6, 6.07) is 5.09. The number of rotatable bonds is 6. The quantitative estimate of drug-likeness (QED) is 0.548. The summed E-state index contributed by atoms with van der Waals surface area (Å²) >= 11 is 0. The number of benzene rings is 2. The van der Waals surface area contributed by atoms with Crippen molar-refractivity contribution in [3.63, 3.8) is 0 Å². The van der Waals surface area contributed by atoms with E-state index >= 15 is 0 Å². The van der Waals surface area contributed by atoms with E-state index in [9.17, 15) is 14.7 Å². The van der Waals surface area contributed by atoms with Gasteiger partial charge in [0, 0.05) is 16.8 Å². The summed E-state index contributed by atoms with van der Waals surface area (Å²) in [7, 11) is 1.55. The first-order valence-corrected chi connectivity index (χ1v) is 10.1. The molecule has 0 saturated heterocycles. The van der Waals surface area contributed by atoms with Crippen LogP contribution < -0.4 is 14.8 Å². The van der Waals surface area contributed by atoms with Crippen molar-refractivity contribution < 1.29 is 28.9 Å². The van der Waals surface area contributed by atoms with Gasteiger partial charge in [-0.3, -0.25) is 4.79 Å². The fraction of sp³-hybridized carbons (Fsp3) is 0.391. The molecule has 2 aromatic rings. The van der Waals surface area contributed by atoms with Crippen LogP contribution in [0.2, 0.25) is 0 Å². The summed E-state index contributed by atoms with van der Waals surface area (Å²) in [6.45, 7) is 5.62. The minimum atomic E-state index is -0.900. The van der Waals surface area contributed by atoms with Crippen molar-refractivity contribution in [2.75, 3.05) is 19.0 Å². The van der Waals surface area contributed by atoms with E-state index in [4.69, 9.17) is 14.2 Å². The zero-order valence-electron chi connectivity index (χ0n) is 17.8. The molecular weight excluding hydrogens is 386 g/mol. The molecule has 0 bridgehead atoms. The molecule has 1 amide bonds. The van der Waals surface area contributed by atoms with Gasteiger partial charge in [-0.05, 0) is 68.9 Å². The number of amides is 1. The van der Waals surface area contributed by atoms with Crippen LogP contribution in [0, 0.1) is 6.92 Å². The summed E-state index contributed by atoms with van der Waals surface area (Å²) in [4.78, 5) is 23.8. The first-order valence-electron chi connectivity index (χ1n) is 10.1. The van der Waals surface area contributed by atoms with Crippen LogP contribution in [0.3, 0.4) is 0 Å². The van der Waals surface area contributed by atoms with E-state index in [1.165, 1.54) is 0 Å². The number of phenols is 1. The maximum absolute atomic E-state index is 12.1.